The number of nitrogens with zero attached hydrogens (tertiary/aromatic N) is 1. The van der Waals surface area contributed by atoms with Crippen LogP contribution in [0.15, 0.2) is 60.2 Å². The summed E-state index contributed by atoms with van der Waals surface area (Å²) in [7, 11) is 0. The number of ketones is 1. The fourth-order valence-corrected chi connectivity index (χ4v) is 11.1. The van der Waals surface area contributed by atoms with Crippen molar-refractivity contribution in [2.24, 2.45) is 47.3 Å². The van der Waals surface area contributed by atoms with Crippen molar-refractivity contribution in [1.82, 2.24) is 26.4 Å². The van der Waals surface area contributed by atoms with Gasteiger partial charge in [0.25, 0.3) is 5.91 Å². The quantitative estimate of drug-likeness (QED) is 0.0643. The summed E-state index contributed by atoms with van der Waals surface area (Å²) >= 11 is 0. The second-order valence-electron chi connectivity index (χ2n) is 23.5. The summed E-state index contributed by atoms with van der Waals surface area (Å²) in [5, 5.41) is 88.0. The van der Waals surface area contributed by atoms with E-state index in [-0.39, 0.29) is 85.8 Å². The molecule has 1 aromatic carbocycles. The van der Waals surface area contributed by atoms with Crippen LogP contribution in [-0.2, 0) is 39.9 Å². The average molecular weight is 1110 g/mol. The van der Waals surface area contributed by atoms with Crippen molar-refractivity contribution < 1.29 is 69.2 Å². The van der Waals surface area contributed by atoms with Gasteiger partial charge in [0.05, 0.1) is 42.5 Å². The smallest absolute Gasteiger partial charge is 0.325 e. The highest BCUT2D eigenvalue weighted by atomic mass is 16.5. The van der Waals surface area contributed by atoms with E-state index in [4.69, 9.17) is 4.74 Å². The monoisotopic (exact) mass is 1110 g/mol. The number of cyclic esters (lactones) is 1. The predicted molar refractivity (Wildman–Crippen MR) is 299 cm³/mol. The Labute approximate surface area is 468 Å². The van der Waals surface area contributed by atoms with E-state index in [9.17, 15) is 64.5 Å². The highest BCUT2D eigenvalue weighted by molar-refractivity contribution is 5.93. The minimum atomic E-state index is -1.46. The van der Waals surface area contributed by atoms with Crippen molar-refractivity contribution in [2.75, 3.05) is 6.54 Å². The van der Waals surface area contributed by atoms with Crippen LogP contribution in [-0.4, -0.2) is 150 Å². The molecule has 1 aromatic rings. The lowest BCUT2D eigenvalue weighted by molar-refractivity contribution is -0.156. The first-order valence-electron chi connectivity index (χ1n) is 28.8. The largest absolute Gasteiger partial charge is 0.508 e. The highest BCUT2D eigenvalue weighted by Crippen LogP contribution is 2.33. The number of Topliss-reactive ketones (excluding diaryl/α,β-unsaturated/α-hetero) is 1. The number of nitrogens with one attached hydrogen (secondary N) is 4. The molecule has 18 atom stereocenters. The molecular formula is C60H95N5O14. The van der Waals surface area contributed by atoms with Crippen LogP contribution in [0.1, 0.15) is 145 Å². The van der Waals surface area contributed by atoms with Gasteiger partial charge in [-0.1, -0.05) is 104 Å². The van der Waals surface area contributed by atoms with E-state index in [1.54, 1.807) is 71.1 Å². The third-order valence-electron chi connectivity index (χ3n) is 16.7. The lowest BCUT2D eigenvalue weighted by atomic mass is 9.74. The van der Waals surface area contributed by atoms with Gasteiger partial charge in [0.15, 0.2) is 0 Å². The third-order valence-corrected chi connectivity index (χ3v) is 16.7. The van der Waals surface area contributed by atoms with E-state index in [0.717, 1.165) is 12.8 Å². The van der Waals surface area contributed by atoms with E-state index in [1.165, 1.54) is 30.1 Å². The number of aliphatic hydroxyl groups excluding tert-OH is 6. The zero-order chi connectivity index (χ0) is 58.8. The number of phenolic OH excluding ortho intramolecular Hbond substituents is 1. The standard InChI is InChI=1S/C60H95N5O14/c1-11-42-28-36(6)53(63-56(42)74)40(10)54(72)39(9)50(71)32-49(70)34(4)18-15-20-43(67)29-35(5)51-24-14-12-13-23-48(69)38(8)55(73)45(26-25-37(7)66)57(75)62-52(33(2)3)58(76)61-47(31-41-19-16-21-44(68)30-41)59(77)65-27-17-22-46(64-65)60(78)79-51/h12-14,16,19,21,23,29-30,33-34,36,38-40,42-43,45-55,64,67-73H,11,15,17-18,20,22,24-28,31-32H2,1-10H3,(H,61,76)(H,62,75)(H,63,74)/b14-12+,23-13+,35-29+/t34-,36-,38-,39-,40+,42-,43-,45+,46-,47-,48+,49+,50-,51-,52-,53-,54-,55+/m0/s1. The van der Waals surface area contributed by atoms with Gasteiger partial charge < -0.3 is 61.2 Å². The minimum absolute atomic E-state index is 0.0127. The molecular weight excluding hydrogens is 1010 g/mol. The Balaban J connectivity index is 1.53. The summed E-state index contributed by atoms with van der Waals surface area (Å²) in [4.78, 5) is 81.7. The van der Waals surface area contributed by atoms with E-state index >= 15 is 0 Å². The molecule has 19 heteroatoms. The number of ether oxygens (including phenoxy) is 1. The number of carbonyl (C=O) groups is 6. The van der Waals surface area contributed by atoms with Gasteiger partial charge in [0.1, 0.15) is 35.8 Å². The molecule has 19 nitrogen and oxygen atoms in total. The van der Waals surface area contributed by atoms with Gasteiger partial charge in [-0.3, -0.25) is 29.0 Å². The number of phenols is 1. The van der Waals surface area contributed by atoms with Gasteiger partial charge in [-0.15, -0.1) is 0 Å². The van der Waals surface area contributed by atoms with Crippen LogP contribution in [0, 0.1) is 47.3 Å². The van der Waals surface area contributed by atoms with Gasteiger partial charge in [-0.25, -0.2) is 5.43 Å². The summed E-state index contributed by atoms with van der Waals surface area (Å²) in [6.07, 6.45) is 3.94. The number of benzene rings is 1. The first-order chi connectivity index (χ1) is 37.2. The molecule has 3 heterocycles. The normalized spacial score (nSPS) is 30.9. The molecule has 0 spiro atoms. The molecule has 0 aliphatic carbocycles. The Morgan fingerprint density at radius 3 is 2.27 bits per heavy atom. The molecule has 4 amide bonds. The number of piperidine rings is 1. The molecule has 3 aliphatic heterocycles. The van der Waals surface area contributed by atoms with Crippen LogP contribution in [0.4, 0.5) is 0 Å². The number of esters is 1. The lowest BCUT2D eigenvalue weighted by Gasteiger charge is -2.41. The molecule has 79 heavy (non-hydrogen) atoms. The Bertz CT molecular complexity index is 2260. The summed E-state index contributed by atoms with van der Waals surface area (Å²) < 4.78 is 6.14. The second kappa shape index (κ2) is 31.8. The van der Waals surface area contributed by atoms with Crippen LogP contribution < -0.4 is 21.4 Å². The SMILES string of the molecule is CC[C@H]1C[C@H](C)[C@@H]([C@@H](C)[C@@H](O)[C@@H](C)[C@@H](O)C[C@@H](O)[C@@H](C)CCC[C@H](O)/C=C(\C)[C@@H]2C/C=C/C=C/[C@@H](O)[C@H](C)[C@@H](O)[C@@H](CCC(C)=O)C(=O)N[C@@H](C(C)C)C(=O)N[C@@H](Cc3cccc(O)c3)C(=O)N3CCC[C@H](N3)C(=O)O2)NC1=O. The van der Waals surface area contributed by atoms with Crippen LogP contribution in [0.2, 0.25) is 0 Å². The third kappa shape index (κ3) is 19.9. The van der Waals surface area contributed by atoms with Crippen molar-refractivity contribution in [1.29, 1.82) is 0 Å². The number of hydrazine groups is 1. The topological polar surface area (TPSA) is 305 Å². The first-order valence-corrected chi connectivity index (χ1v) is 28.8. The number of carbonyl (C=O) groups excluding carboxylic acids is 6. The van der Waals surface area contributed by atoms with Crippen LogP contribution in [0.5, 0.6) is 5.75 Å². The number of aromatic hydroxyl groups is 1. The van der Waals surface area contributed by atoms with Crippen LogP contribution >= 0.6 is 0 Å². The molecule has 0 saturated carbocycles. The number of rotatable bonds is 20. The molecule has 4 rings (SSSR count). The first kappa shape index (κ1) is 66.5. The number of hydrogen-bond donors (Lipinski definition) is 11. The summed E-state index contributed by atoms with van der Waals surface area (Å²) in [5.74, 6) is -6.71. The molecule has 3 aliphatic rings. The minimum Gasteiger partial charge on any atom is -0.508 e. The summed E-state index contributed by atoms with van der Waals surface area (Å²) in [6.45, 7) is 17.7. The van der Waals surface area contributed by atoms with E-state index in [2.05, 4.69) is 28.3 Å². The van der Waals surface area contributed by atoms with Gasteiger partial charge >= 0.3 is 5.97 Å². The molecule has 11 N–H and O–H groups in total. The maximum absolute atomic E-state index is 14.5. The van der Waals surface area contributed by atoms with Gasteiger partial charge in [-0.2, -0.15) is 0 Å². The number of hydrogen-bond acceptors (Lipinski definition) is 15. The maximum atomic E-state index is 14.5. The van der Waals surface area contributed by atoms with E-state index in [0.29, 0.717) is 43.2 Å². The van der Waals surface area contributed by atoms with E-state index in [1.807, 2.05) is 20.8 Å². The summed E-state index contributed by atoms with van der Waals surface area (Å²) in [5.41, 5.74) is 4.04. The zero-order valence-electron chi connectivity index (χ0n) is 48.3. The van der Waals surface area contributed by atoms with Crippen LogP contribution in [0.25, 0.3) is 0 Å². The van der Waals surface area contributed by atoms with Crippen LogP contribution in [0.3, 0.4) is 0 Å². The van der Waals surface area contributed by atoms with Gasteiger partial charge in [0, 0.05) is 55.5 Å². The number of amides is 4. The molecule has 2 bridgehead atoms. The number of fused-ring (bicyclic) bond motifs is 2. The summed E-state index contributed by atoms with van der Waals surface area (Å²) in [6, 6.07) is 2.50. The lowest BCUT2D eigenvalue weighted by Crippen LogP contribution is -2.62. The zero-order valence-corrected chi connectivity index (χ0v) is 48.3. The van der Waals surface area contributed by atoms with Crippen molar-refractivity contribution in [2.45, 2.75) is 213 Å². The predicted octanol–water partition coefficient (Wildman–Crippen LogP) is 4.24. The molecule has 0 unspecified atom stereocenters. The second-order valence-corrected chi connectivity index (χ2v) is 23.5. The number of allylic oxidation sites excluding steroid dienone is 2. The maximum Gasteiger partial charge on any atom is 0.325 e. The Hall–Kier alpha value is -5.02. The molecule has 0 radical (unpaired) electrons. The molecule has 2 fully saturated rings. The Kier molecular flexibility index (Phi) is 26.8. The Morgan fingerprint density at radius 1 is 0.899 bits per heavy atom. The van der Waals surface area contributed by atoms with Gasteiger partial charge in [-0.05, 0) is 106 Å². The average Bonchev–Trinajstić information content (AvgIpc) is 3.40. The van der Waals surface area contributed by atoms with Crippen molar-refractivity contribution >= 4 is 35.4 Å². The van der Waals surface area contributed by atoms with Crippen molar-refractivity contribution in [3.8, 4) is 5.75 Å². The van der Waals surface area contributed by atoms with Gasteiger partial charge in [0.2, 0.25) is 17.7 Å². The fourth-order valence-electron chi connectivity index (χ4n) is 11.1. The highest BCUT2D eigenvalue weighted by Gasteiger charge is 2.42. The number of aliphatic hydroxyl groups is 6. The molecule has 2 saturated heterocycles. The Morgan fingerprint density at radius 2 is 1.61 bits per heavy atom. The van der Waals surface area contributed by atoms with E-state index < -0.39 is 108 Å². The molecule has 0 aromatic heterocycles. The fraction of sp³-hybridized carbons (Fsp3) is 0.700. The molecule has 444 valence electrons. The van der Waals surface area contributed by atoms with Crippen molar-refractivity contribution in [3.63, 3.8) is 0 Å². The van der Waals surface area contributed by atoms with Crippen molar-refractivity contribution in [3.05, 3.63) is 65.8 Å².